The molecule has 0 bridgehead atoms. The van der Waals surface area contributed by atoms with Crippen LogP contribution in [0.4, 0.5) is 0 Å². The molecule has 0 aliphatic heterocycles. The minimum Gasteiger partial charge on any atom is -0.394 e. The summed E-state index contributed by atoms with van der Waals surface area (Å²) in [7, 11) is 0. The number of hydrogen-bond acceptors (Lipinski definition) is 3. The Morgan fingerprint density at radius 3 is 2.62 bits per heavy atom. The average molecular weight is 225 g/mol. The maximum absolute atomic E-state index is 11.7. The van der Waals surface area contributed by atoms with Crippen LogP contribution in [-0.2, 0) is 11.3 Å². The van der Waals surface area contributed by atoms with Gasteiger partial charge in [-0.3, -0.25) is 9.48 Å². The van der Waals surface area contributed by atoms with Crippen molar-refractivity contribution in [2.24, 2.45) is 0 Å². The molecular weight excluding hydrogens is 206 g/mol. The Labute approximate surface area is 95.5 Å². The van der Waals surface area contributed by atoms with Gasteiger partial charge in [0.25, 0.3) is 0 Å². The van der Waals surface area contributed by atoms with E-state index in [0.717, 1.165) is 0 Å². The molecule has 16 heavy (non-hydrogen) atoms. The van der Waals surface area contributed by atoms with Crippen LogP contribution in [0.25, 0.3) is 0 Å². The van der Waals surface area contributed by atoms with E-state index in [2.05, 4.69) is 10.4 Å². The van der Waals surface area contributed by atoms with E-state index in [1.54, 1.807) is 23.1 Å². The van der Waals surface area contributed by atoms with Crippen molar-refractivity contribution in [2.45, 2.75) is 38.8 Å². The first-order chi connectivity index (χ1) is 7.65. The van der Waals surface area contributed by atoms with Crippen LogP contribution in [0.15, 0.2) is 18.5 Å². The summed E-state index contributed by atoms with van der Waals surface area (Å²) in [6.07, 6.45) is 4.79. The predicted molar refractivity (Wildman–Crippen MR) is 60.8 cm³/mol. The number of aromatic nitrogens is 2. The molecule has 1 heterocycles. The SMILES string of the molecule is CCC(CC)(CO)NC(=O)Cn1cccn1. The van der Waals surface area contributed by atoms with Crippen molar-refractivity contribution >= 4 is 5.91 Å². The van der Waals surface area contributed by atoms with E-state index in [0.29, 0.717) is 12.8 Å². The van der Waals surface area contributed by atoms with Crippen LogP contribution >= 0.6 is 0 Å². The van der Waals surface area contributed by atoms with Crippen molar-refractivity contribution in [3.63, 3.8) is 0 Å². The molecule has 0 saturated carbocycles. The molecule has 1 aromatic heterocycles. The van der Waals surface area contributed by atoms with Gasteiger partial charge in [0, 0.05) is 12.4 Å². The van der Waals surface area contributed by atoms with Gasteiger partial charge in [-0.25, -0.2) is 0 Å². The number of aliphatic hydroxyl groups excluding tert-OH is 1. The van der Waals surface area contributed by atoms with Gasteiger partial charge in [0.15, 0.2) is 0 Å². The highest BCUT2D eigenvalue weighted by atomic mass is 16.3. The van der Waals surface area contributed by atoms with Crippen molar-refractivity contribution in [3.8, 4) is 0 Å². The molecule has 0 aliphatic carbocycles. The van der Waals surface area contributed by atoms with Gasteiger partial charge in [-0.1, -0.05) is 13.8 Å². The molecule has 1 aromatic rings. The maximum atomic E-state index is 11.7. The van der Waals surface area contributed by atoms with E-state index < -0.39 is 5.54 Å². The van der Waals surface area contributed by atoms with E-state index in [9.17, 15) is 9.90 Å². The van der Waals surface area contributed by atoms with E-state index in [1.165, 1.54) is 0 Å². The summed E-state index contributed by atoms with van der Waals surface area (Å²) in [6, 6.07) is 1.77. The lowest BCUT2D eigenvalue weighted by Gasteiger charge is -2.30. The van der Waals surface area contributed by atoms with Crippen LogP contribution in [0.3, 0.4) is 0 Å². The standard InChI is InChI=1S/C11H19N3O2/c1-3-11(4-2,9-15)13-10(16)8-14-7-5-6-12-14/h5-7,15H,3-4,8-9H2,1-2H3,(H,13,16). The number of carbonyl (C=O) groups is 1. The molecule has 2 N–H and O–H groups in total. The zero-order valence-electron chi connectivity index (χ0n) is 9.81. The quantitative estimate of drug-likeness (QED) is 0.743. The van der Waals surface area contributed by atoms with Crippen LogP contribution < -0.4 is 5.32 Å². The van der Waals surface area contributed by atoms with Crippen LogP contribution in [0.5, 0.6) is 0 Å². The van der Waals surface area contributed by atoms with Crippen molar-refractivity contribution in [1.29, 1.82) is 0 Å². The fourth-order valence-corrected chi connectivity index (χ4v) is 1.57. The Hall–Kier alpha value is -1.36. The summed E-state index contributed by atoms with van der Waals surface area (Å²) in [5.74, 6) is -0.124. The van der Waals surface area contributed by atoms with Gasteiger partial charge in [-0.05, 0) is 18.9 Å². The molecule has 90 valence electrons. The smallest absolute Gasteiger partial charge is 0.242 e. The second-order valence-corrected chi connectivity index (χ2v) is 3.90. The van der Waals surface area contributed by atoms with Crippen molar-refractivity contribution in [2.75, 3.05) is 6.61 Å². The second kappa shape index (κ2) is 5.65. The largest absolute Gasteiger partial charge is 0.394 e. The molecule has 5 nitrogen and oxygen atoms in total. The lowest BCUT2D eigenvalue weighted by molar-refractivity contribution is -0.124. The van der Waals surface area contributed by atoms with Gasteiger partial charge < -0.3 is 10.4 Å². The van der Waals surface area contributed by atoms with Gasteiger partial charge in [-0.15, -0.1) is 0 Å². The topological polar surface area (TPSA) is 67.2 Å². The summed E-state index contributed by atoms with van der Waals surface area (Å²) in [4.78, 5) is 11.7. The monoisotopic (exact) mass is 225 g/mol. The number of carbonyl (C=O) groups excluding carboxylic acids is 1. The molecule has 5 heteroatoms. The number of aliphatic hydroxyl groups is 1. The number of rotatable bonds is 6. The Bertz CT molecular complexity index is 310. The van der Waals surface area contributed by atoms with Crippen molar-refractivity contribution in [3.05, 3.63) is 18.5 Å². The lowest BCUT2D eigenvalue weighted by Crippen LogP contribution is -2.51. The third-order valence-electron chi connectivity index (χ3n) is 2.93. The zero-order chi connectivity index (χ0) is 12.0. The minimum atomic E-state index is -0.496. The van der Waals surface area contributed by atoms with Crippen molar-refractivity contribution < 1.29 is 9.90 Å². The lowest BCUT2D eigenvalue weighted by atomic mass is 9.94. The van der Waals surface area contributed by atoms with Gasteiger partial charge in [0.1, 0.15) is 6.54 Å². The zero-order valence-corrected chi connectivity index (χ0v) is 9.81. The van der Waals surface area contributed by atoms with Crippen LogP contribution in [0.2, 0.25) is 0 Å². The molecule has 0 fully saturated rings. The van der Waals surface area contributed by atoms with E-state index in [-0.39, 0.29) is 19.1 Å². The molecule has 0 saturated heterocycles. The average Bonchev–Trinajstić information content (AvgIpc) is 2.79. The van der Waals surface area contributed by atoms with Crippen LogP contribution in [0, 0.1) is 0 Å². The molecule has 0 atom stereocenters. The number of nitrogens with zero attached hydrogens (tertiary/aromatic N) is 2. The summed E-state index contributed by atoms with van der Waals surface area (Å²) >= 11 is 0. The molecule has 0 aromatic carbocycles. The highest BCUT2D eigenvalue weighted by molar-refractivity contribution is 5.76. The third kappa shape index (κ3) is 3.06. The fraction of sp³-hybridized carbons (Fsp3) is 0.636. The summed E-state index contributed by atoms with van der Waals surface area (Å²) in [5, 5.41) is 16.1. The Morgan fingerprint density at radius 2 is 2.19 bits per heavy atom. The van der Waals surface area contributed by atoms with E-state index in [4.69, 9.17) is 0 Å². The maximum Gasteiger partial charge on any atom is 0.242 e. The highest BCUT2D eigenvalue weighted by Crippen LogP contribution is 2.13. The van der Waals surface area contributed by atoms with Gasteiger partial charge in [0.05, 0.1) is 12.1 Å². The number of amides is 1. The molecule has 0 unspecified atom stereocenters. The second-order valence-electron chi connectivity index (χ2n) is 3.90. The molecular formula is C11H19N3O2. The Kier molecular flexibility index (Phi) is 4.49. The van der Waals surface area contributed by atoms with Gasteiger partial charge >= 0.3 is 0 Å². The molecule has 1 rings (SSSR count). The first kappa shape index (κ1) is 12.7. The minimum absolute atomic E-state index is 0.0369. The first-order valence-electron chi connectivity index (χ1n) is 5.55. The number of hydrogen-bond donors (Lipinski definition) is 2. The van der Waals surface area contributed by atoms with E-state index in [1.807, 2.05) is 13.8 Å². The summed E-state index contributed by atoms with van der Waals surface area (Å²) in [6.45, 7) is 4.06. The summed E-state index contributed by atoms with van der Waals surface area (Å²) < 4.78 is 1.56. The van der Waals surface area contributed by atoms with Crippen molar-refractivity contribution in [1.82, 2.24) is 15.1 Å². The molecule has 0 spiro atoms. The Balaban J connectivity index is 2.55. The molecule has 1 amide bonds. The van der Waals surface area contributed by atoms with Crippen LogP contribution in [0.1, 0.15) is 26.7 Å². The van der Waals surface area contributed by atoms with Gasteiger partial charge in [0.2, 0.25) is 5.91 Å². The van der Waals surface area contributed by atoms with Crippen LogP contribution in [-0.4, -0.2) is 32.9 Å². The normalized spacial score (nSPS) is 11.4. The predicted octanol–water partition coefficient (Wildman–Crippen LogP) is 0.550. The number of nitrogens with one attached hydrogen (secondary N) is 1. The Morgan fingerprint density at radius 1 is 1.50 bits per heavy atom. The highest BCUT2D eigenvalue weighted by Gasteiger charge is 2.26. The van der Waals surface area contributed by atoms with Gasteiger partial charge in [-0.2, -0.15) is 5.10 Å². The first-order valence-corrected chi connectivity index (χ1v) is 5.55. The molecule has 0 radical (unpaired) electrons. The fourth-order valence-electron chi connectivity index (χ4n) is 1.57. The third-order valence-corrected chi connectivity index (χ3v) is 2.93. The summed E-state index contributed by atoms with van der Waals surface area (Å²) in [5.41, 5.74) is -0.496. The molecule has 0 aliphatic rings. The van der Waals surface area contributed by atoms with E-state index >= 15 is 0 Å².